The van der Waals surface area contributed by atoms with E-state index in [4.69, 9.17) is 0 Å². The van der Waals surface area contributed by atoms with Crippen molar-refractivity contribution in [3.63, 3.8) is 0 Å². The van der Waals surface area contributed by atoms with Crippen molar-refractivity contribution >= 4 is 15.8 Å². The Kier molecular flexibility index (Phi) is 24.2. The fourth-order valence-corrected chi connectivity index (χ4v) is 12.9. The van der Waals surface area contributed by atoms with E-state index in [1.807, 2.05) is 0 Å². The molecule has 0 aromatic rings. The summed E-state index contributed by atoms with van der Waals surface area (Å²) in [6.45, 7) is 40.5. The van der Waals surface area contributed by atoms with Crippen molar-refractivity contribution in [2.45, 2.75) is 117 Å². The molecule has 1 N–H and O–H groups in total. The first-order valence-electron chi connectivity index (χ1n) is 12.0. The van der Waals surface area contributed by atoms with E-state index in [2.05, 4.69) is 108 Å². The Labute approximate surface area is 229 Å². The molecule has 0 amide bonds. The van der Waals surface area contributed by atoms with Crippen molar-refractivity contribution in [1.82, 2.24) is 5.32 Å². The molecule has 0 rings (SSSR count). The van der Waals surface area contributed by atoms with Crippen molar-refractivity contribution in [2.75, 3.05) is 38.5 Å². The van der Waals surface area contributed by atoms with Crippen LogP contribution in [0, 0.1) is 13.8 Å². The second-order valence-electron chi connectivity index (χ2n) is 12.6. The number of hydrogen-bond donors (Lipinski definition) is 1. The van der Waals surface area contributed by atoms with Gasteiger partial charge in [-0.3, -0.25) is 0 Å². The van der Waals surface area contributed by atoms with Crippen molar-refractivity contribution in [1.29, 1.82) is 0 Å². The molecule has 0 aliphatic rings. The van der Waals surface area contributed by atoms with Crippen LogP contribution in [0.5, 0.6) is 0 Å². The van der Waals surface area contributed by atoms with Gasteiger partial charge in [-0.2, -0.15) is 13.0 Å². The van der Waals surface area contributed by atoms with Crippen LogP contribution >= 0.6 is 15.8 Å². The van der Waals surface area contributed by atoms with Crippen LogP contribution in [0.25, 0.3) is 5.32 Å². The predicted octanol–water partition coefficient (Wildman–Crippen LogP) is 7.98. The van der Waals surface area contributed by atoms with Crippen molar-refractivity contribution in [3.05, 3.63) is 19.2 Å². The fourth-order valence-electron chi connectivity index (χ4n) is 4.63. The quantitative estimate of drug-likeness (QED) is 0.120. The SMILES string of the molecule is [CH2-]CCNCC[PH+](C(C)(C)C)C(C)(C)C.[CH2-]CC[N-]CC[PH+](C(C)(C)C)C(C)(C)C.[HH].[Ni+2].[NiH]. The fraction of sp³-hybridized carbons (Fsp3) is 0.923. The summed E-state index contributed by atoms with van der Waals surface area (Å²) in [6.07, 6.45) is 4.59. The molecule has 0 aliphatic carbocycles. The van der Waals surface area contributed by atoms with Crippen LogP contribution in [0.3, 0.4) is 0 Å². The molecule has 0 unspecified atom stereocenters. The molecule has 0 aromatic carbocycles. The number of hydrogen-bond acceptors (Lipinski definition) is 1. The molecule has 0 radical (unpaired) electrons. The maximum absolute atomic E-state index is 4.52. The summed E-state index contributed by atoms with van der Waals surface area (Å²) in [5, 5.41) is 9.93. The molecule has 0 saturated heterocycles. The van der Waals surface area contributed by atoms with Crippen LogP contribution < -0.4 is 5.32 Å². The molecular formula is C26H62N2Ni2P2+. The molecule has 0 saturated carbocycles. The molecule has 0 aromatic heterocycles. The van der Waals surface area contributed by atoms with Gasteiger partial charge in [-0.25, -0.2) is 6.42 Å². The van der Waals surface area contributed by atoms with E-state index in [9.17, 15) is 0 Å². The van der Waals surface area contributed by atoms with Gasteiger partial charge in [0.05, 0.1) is 26.8 Å². The minimum atomic E-state index is -0.370. The molecule has 205 valence electrons. The summed E-state index contributed by atoms with van der Waals surface area (Å²) in [5.74, 6) is 0. The normalized spacial score (nSPS) is 12.8. The van der Waals surface area contributed by atoms with Crippen LogP contribution in [0.2, 0.25) is 0 Å². The van der Waals surface area contributed by atoms with Crippen LogP contribution in [0.1, 0.15) is 97.4 Å². The van der Waals surface area contributed by atoms with Crippen molar-refractivity contribution < 1.29 is 34.4 Å². The maximum atomic E-state index is 4.52. The first-order valence-corrected chi connectivity index (χ1v) is 15.5. The van der Waals surface area contributed by atoms with Crippen molar-refractivity contribution in [3.8, 4) is 0 Å². The van der Waals surface area contributed by atoms with Gasteiger partial charge < -0.3 is 24.5 Å². The van der Waals surface area contributed by atoms with E-state index in [1.54, 1.807) is 0 Å². The zero-order valence-corrected chi connectivity index (χ0v) is 27.7. The molecular weight excluding hydrogens is 520 g/mol. The van der Waals surface area contributed by atoms with Crippen LogP contribution in [0.15, 0.2) is 0 Å². The van der Waals surface area contributed by atoms with Gasteiger partial charge in [-0.1, -0.05) is 0 Å². The molecule has 0 heterocycles. The van der Waals surface area contributed by atoms with E-state index >= 15 is 0 Å². The summed E-state index contributed by atoms with van der Waals surface area (Å²) >= 11 is 0. The van der Waals surface area contributed by atoms with E-state index in [0.29, 0.717) is 20.6 Å². The average Bonchev–Trinajstić information content (AvgIpc) is 2.50. The first-order chi connectivity index (χ1) is 13.4. The summed E-state index contributed by atoms with van der Waals surface area (Å²) in [5.41, 5.74) is 0. The van der Waals surface area contributed by atoms with E-state index in [1.165, 1.54) is 18.9 Å². The Bertz CT molecular complexity index is 358. The van der Waals surface area contributed by atoms with Crippen LogP contribution in [-0.4, -0.2) is 59.1 Å². The second-order valence-corrected chi connectivity index (χ2v) is 21.5. The Morgan fingerprint density at radius 2 is 1.00 bits per heavy atom. The number of nitrogens with zero attached hydrogens (tertiary/aromatic N) is 1. The molecule has 32 heavy (non-hydrogen) atoms. The summed E-state index contributed by atoms with van der Waals surface area (Å²) in [4.78, 5) is 0. The van der Waals surface area contributed by atoms with Crippen LogP contribution in [0.4, 0.5) is 0 Å². The Balaban J connectivity index is -0.000000145. The van der Waals surface area contributed by atoms with E-state index in [-0.39, 0.29) is 50.3 Å². The van der Waals surface area contributed by atoms with Gasteiger partial charge in [0.15, 0.2) is 0 Å². The third kappa shape index (κ3) is 21.1. The third-order valence-corrected chi connectivity index (χ3v) is 14.1. The number of nitrogens with one attached hydrogen (secondary N) is 1. The van der Waals surface area contributed by atoms with E-state index in [0.717, 1.165) is 32.5 Å². The zero-order valence-electron chi connectivity index (χ0n) is 23.7. The van der Waals surface area contributed by atoms with Crippen molar-refractivity contribution in [2.24, 2.45) is 0 Å². The molecule has 0 fully saturated rings. The Morgan fingerprint density at radius 1 is 0.625 bits per heavy atom. The minimum absolute atomic E-state index is 0. The van der Waals surface area contributed by atoms with Crippen LogP contribution in [-0.2, 0) is 33.0 Å². The van der Waals surface area contributed by atoms with Gasteiger partial charge in [0, 0.05) is 30.0 Å². The molecule has 0 atom stereocenters. The van der Waals surface area contributed by atoms with Gasteiger partial charge in [0.25, 0.3) is 0 Å². The Morgan fingerprint density at radius 3 is 1.31 bits per heavy atom. The zero-order chi connectivity index (χ0) is 24.2. The predicted molar refractivity (Wildman–Crippen MR) is 155 cm³/mol. The van der Waals surface area contributed by atoms with Gasteiger partial charge in [-0.05, 0) is 89.6 Å². The van der Waals surface area contributed by atoms with E-state index < -0.39 is 0 Å². The van der Waals surface area contributed by atoms with Gasteiger partial charge in [0.1, 0.15) is 0 Å². The molecule has 0 aliphatic heterocycles. The molecule has 0 bridgehead atoms. The summed E-state index contributed by atoms with van der Waals surface area (Å²) in [7, 11) is -0.709. The van der Waals surface area contributed by atoms with Gasteiger partial charge in [-0.15, -0.1) is 6.54 Å². The average molecular weight is 582 g/mol. The topological polar surface area (TPSA) is 26.1 Å². The second kappa shape index (κ2) is 19.0. The first kappa shape index (κ1) is 40.9. The molecule has 2 nitrogen and oxygen atoms in total. The number of rotatable bonds is 10. The van der Waals surface area contributed by atoms with Gasteiger partial charge in [0.2, 0.25) is 0 Å². The third-order valence-electron chi connectivity index (χ3n) is 5.36. The monoisotopic (exact) mass is 580 g/mol. The Hall–Kier alpha value is 1.77. The summed E-state index contributed by atoms with van der Waals surface area (Å²) < 4.78 is 0. The molecule has 0 spiro atoms. The molecule has 6 heteroatoms. The van der Waals surface area contributed by atoms with Gasteiger partial charge >= 0.3 is 33.0 Å². The standard InChI is InChI=1S/C13H29NP.C13H28NP.2Ni.H2.H/c2*1-8-9-14-10-11-15(12(2,3)4)13(5,6)7;;;;/h14H,1,8-11H2,2-7H3;1,8-11H2,2-7H3;;;1H;/q-1;-2;;+2;;/p+2. The summed E-state index contributed by atoms with van der Waals surface area (Å²) in [6, 6.07) is 0.